The first kappa shape index (κ1) is 24.7. The number of esters is 1. The number of hydrogen-bond acceptors (Lipinski definition) is 5. The average Bonchev–Trinajstić information content (AvgIpc) is 3.15. The first-order valence-electron chi connectivity index (χ1n) is 11.3. The Balaban J connectivity index is 1.43. The lowest BCUT2D eigenvalue weighted by Gasteiger charge is -2.10. The van der Waals surface area contributed by atoms with E-state index in [9.17, 15) is 14.0 Å². The molecule has 0 spiro atoms. The van der Waals surface area contributed by atoms with Crippen molar-refractivity contribution in [3.63, 3.8) is 0 Å². The molecule has 0 aliphatic heterocycles. The van der Waals surface area contributed by atoms with Gasteiger partial charge in [-0.25, -0.2) is 9.18 Å². The zero-order chi connectivity index (χ0) is 25.7. The quantitative estimate of drug-likeness (QED) is 0.341. The normalized spacial score (nSPS) is 10.7. The first-order chi connectivity index (χ1) is 17.4. The van der Waals surface area contributed by atoms with Gasteiger partial charge in [-0.3, -0.25) is 9.48 Å². The van der Waals surface area contributed by atoms with Gasteiger partial charge in [0.05, 0.1) is 36.3 Å². The van der Waals surface area contributed by atoms with Gasteiger partial charge in [0.15, 0.2) is 0 Å². The summed E-state index contributed by atoms with van der Waals surface area (Å²) in [5.41, 5.74) is 4.67. The average molecular weight is 488 g/mol. The second-order valence-corrected chi connectivity index (χ2v) is 8.25. The van der Waals surface area contributed by atoms with Gasteiger partial charge in [-0.05, 0) is 67.4 Å². The molecule has 0 aliphatic carbocycles. The molecule has 0 aliphatic rings. The van der Waals surface area contributed by atoms with Crippen LogP contribution in [0, 0.1) is 19.7 Å². The molecule has 0 saturated heterocycles. The number of carbonyl (C=O) groups excluding carboxylic acids is 2. The van der Waals surface area contributed by atoms with E-state index in [0.717, 1.165) is 16.8 Å². The molecular formula is C28H26FN3O4. The summed E-state index contributed by atoms with van der Waals surface area (Å²) in [6.45, 7) is 4.34. The van der Waals surface area contributed by atoms with Crippen LogP contribution >= 0.6 is 0 Å². The topological polar surface area (TPSA) is 82.5 Å². The van der Waals surface area contributed by atoms with E-state index >= 15 is 0 Å². The number of carbonyl (C=O) groups is 2. The van der Waals surface area contributed by atoms with E-state index in [1.54, 1.807) is 41.1 Å². The molecule has 0 saturated carbocycles. The van der Waals surface area contributed by atoms with E-state index in [2.05, 4.69) is 10.4 Å². The molecule has 1 amide bonds. The molecule has 8 heteroatoms. The van der Waals surface area contributed by atoms with Crippen molar-refractivity contribution in [3.05, 3.63) is 112 Å². The van der Waals surface area contributed by atoms with Gasteiger partial charge >= 0.3 is 5.97 Å². The molecule has 0 atom stereocenters. The maximum absolute atomic E-state index is 13.0. The highest BCUT2D eigenvalue weighted by molar-refractivity contribution is 6.04. The van der Waals surface area contributed by atoms with Crippen molar-refractivity contribution in [1.29, 1.82) is 0 Å². The summed E-state index contributed by atoms with van der Waals surface area (Å²) >= 11 is 0. The molecule has 7 nitrogen and oxygen atoms in total. The summed E-state index contributed by atoms with van der Waals surface area (Å²) in [6.07, 6.45) is 0. The second kappa shape index (κ2) is 10.9. The fourth-order valence-electron chi connectivity index (χ4n) is 3.80. The maximum Gasteiger partial charge on any atom is 0.338 e. The molecule has 4 rings (SSSR count). The number of methoxy groups -OCH3 is 1. The van der Waals surface area contributed by atoms with Crippen molar-refractivity contribution < 1.29 is 23.5 Å². The number of hydrogen-bond donors (Lipinski definition) is 1. The number of anilines is 1. The molecule has 1 N–H and O–H groups in total. The number of rotatable bonds is 8. The SMILES string of the molecule is COC(=O)c1ccccc1Cn1nc(C)c(NC(=O)c2ccc(COc3ccc(F)cc3)cc2)c1C. The van der Waals surface area contributed by atoms with Gasteiger partial charge in [0.2, 0.25) is 0 Å². The van der Waals surface area contributed by atoms with Crippen LogP contribution in [0.5, 0.6) is 5.75 Å². The highest BCUT2D eigenvalue weighted by Crippen LogP contribution is 2.23. The minimum absolute atomic E-state index is 0.262. The minimum Gasteiger partial charge on any atom is -0.489 e. The van der Waals surface area contributed by atoms with Gasteiger partial charge in [-0.1, -0.05) is 30.3 Å². The number of nitrogens with one attached hydrogen (secondary N) is 1. The number of halogens is 1. The predicted octanol–water partition coefficient (Wildman–Crippen LogP) is 5.31. The Hall–Kier alpha value is -4.46. The molecule has 0 fully saturated rings. The van der Waals surface area contributed by atoms with Crippen molar-refractivity contribution in [3.8, 4) is 5.75 Å². The van der Waals surface area contributed by atoms with Gasteiger partial charge in [0.1, 0.15) is 18.2 Å². The van der Waals surface area contributed by atoms with Crippen molar-refractivity contribution >= 4 is 17.6 Å². The lowest BCUT2D eigenvalue weighted by molar-refractivity contribution is 0.0599. The molecule has 0 radical (unpaired) electrons. The van der Waals surface area contributed by atoms with E-state index in [1.165, 1.54) is 19.2 Å². The van der Waals surface area contributed by atoms with Crippen molar-refractivity contribution in [2.75, 3.05) is 12.4 Å². The highest BCUT2D eigenvalue weighted by atomic mass is 19.1. The smallest absolute Gasteiger partial charge is 0.338 e. The maximum atomic E-state index is 13.0. The Morgan fingerprint density at radius 3 is 2.36 bits per heavy atom. The second-order valence-electron chi connectivity index (χ2n) is 8.25. The van der Waals surface area contributed by atoms with Crippen molar-refractivity contribution in [2.24, 2.45) is 0 Å². The van der Waals surface area contributed by atoms with Gasteiger partial charge in [-0.2, -0.15) is 5.10 Å². The van der Waals surface area contributed by atoms with E-state index in [4.69, 9.17) is 9.47 Å². The molecular weight excluding hydrogens is 461 g/mol. The summed E-state index contributed by atoms with van der Waals surface area (Å²) < 4.78 is 25.3. The Morgan fingerprint density at radius 2 is 1.67 bits per heavy atom. The highest BCUT2D eigenvalue weighted by Gasteiger charge is 2.18. The minimum atomic E-state index is -0.410. The van der Waals surface area contributed by atoms with Crippen LogP contribution in [0.1, 0.15) is 43.2 Å². The van der Waals surface area contributed by atoms with Crippen LogP contribution in [0.3, 0.4) is 0 Å². The fraction of sp³-hybridized carbons (Fsp3) is 0.179. The molecule has 0 unspecified atom stereocenters. The predicted molar refractivity (Wildman–Crippen MR) is 134 cm³/mol. The van der Waals surface area contributed by atoms with Crippen LogP contribution < -0.4 is 10.1 Å². The van der Waals surface area contributed by atoms with Crippen LogP contribution in [-0.2, 0) is 17.9 Å². The monoisotopic (exact) mass is 487 g/mol. The zero-order valence-corrected chi connectivity index (χ0v) is 20.2. The molecule has 1 aromatic heterocycles. The third-order valence-electron chi connectivity index (χ3n) is 5.80. The van der Waals surface area contributed by atoms with Gasteiger partial charge in [0, 0.05) is 5.56 Å². The first-order valence-corrected chi connectivity index (χ1v) is 11.3. The lowest BCUT2D eigenvalue weighted by atomic mass is 10.1. The number of aryl methyl sites for hydroxylation is 1. The largest absolute Gasteiger partial charge is 0.489 e. The van der Waals surface area contributed by atoms with E-state index in [1.807, 2.05) is 38.1 Å². The lowest BCUT2D eigenvalue weighted by Crippen LogP contribution is -2.14. The van der Waals surface area contributed by atoms with Crippen LogP contribution in [0.4, 0.5) is 10.1 Å². The molecule has 184 valence electrons. The van der Waals surface area contributed by atoms with E-state index < -0.39 is 5.97 Å². The number of amides is 1. The summed E-state index contributed by atoms with van der Waals surface area (Å²) in [6, 6.07) is 20.1. The molecule has 0 bridgehead atoms. The van der Waals surface area contributed by atoms with Crippen molar-refractivity contribution in [2.45, 2.75) is 27.0 Å². The number of nitrogens with zero attached hydrogens (tertiary/aromatic N) is 2. The third-order valence-corrected chi connectivity index (χ3v) is 5.80. The molecule has 3 aromatic carbocycles. The summed E-state index contributed by atoms with van der Waals surface area (Å²) in [4.78, 5) is 25.0. The number of benzene rings is 3. The third kappa shape index (κ3) is 5.60. The van der Waals surface area contributed by atoms with Gasteiger partial charge in [0.25, 0.3) is 5.91 Å². The van der Waals surface area contributed by atoms with Crippen LogP contribution in [0.15, 0.2) is 72.8 Å². The van der Waals surface area contributed by atoms with Crippen LogP contribution in [-0.4, -0.2) is 28.8 Å². The Labute approximate surface area is 208 Å². The molecule has 36 heavy (non-hydrogen) atoms. The Bertz CT molecular complexity index is 1380. The zero-order valence-electron chi connectivity index (χ0n) is 20.2. The van der Waals surface area contributed by atoms with Crippen LogP contribution in [0.25, 0.3) is 0 Å². The Kier molecular flexibility index (Phi) is 7.44. The Morgan fingerprint density at radius 1 is 0.972 bits per heavy atom. The molecule has 4 aromatic rings. The summed E-state index contributed by atoms with van der Waals surface area (Å²) in [5.74, 6) is -0.427. The van der Waals surface area contributed by atoms with Crippen molar-refractivity contribution in [1.82, 2.24) is 9.78 Å². The van der Waals surface area contributed by atoms with Gasteiger partial charge in [-0.15, -0.1) is 0 Å². The standard InChI is InChI=1S/C28H26FN3O4/c1-18-26(19(2)32(31-18)16-22-6-4-5-7-25(22)28(34)35-3)30-27(33)21-10-8-20(9-11-21)17-36-24-14-12-23(29)13-15-24/h4-15H,16-17H2,1-3H3,(H,30,33). The number of aromatic nitrogens is 2. The number of ether oxygens (including phenoxy) is 2. The van der Waals surface area contributed by atoms with E-state index in [-0.39, 0.29) is 11.7 Å². The molecule has 1 heterocycles. The summed E-state index contributed by atoms with van der Waals surface area (Å²) in [7, 11) is 1.35. The fourth-order valence-corrected chi connectivity index (χ4v) is 3.80. The van der Waals surface area contributed by atoms with E-state index in [0.29, 0.717) is 41.4 Å². The van der Waals surface area contributed by atoms with Gasteiger partial charge < -0.3 is 14.8 Å². The van der Waals surface area contributed by atoms with Crippen LogP contribution in [0.2, 0.25) is 0 Å². The summed E-state index contributed by atoms with van der Waals surface area (Å²) in [5, 5.41) is 7.51.